The first-order chi connectivity index (χ1) is 13.5. The minimum absolute atomic E-state index is 0.215. The predicted molar refractivity (Wildman–Crippen MR) is 120 cm³/mol. The lowest BCUT2D eigenvalue weighted by Crippen LogP contribution is -2.34. The summed E-state index contributed by atoms with van der Waals surface area (Å²) in [7, 11) is 0. The maximum absolute atomic E-state index is 12.7. The van der Waals surface area contributed by atoms with Crippen LogP contribution in [0.25, 0.3) is 0 Å². The number of benzene rings is 2. The number of thiocarbonyl (C=S) groups is 1. The van der Waals surface area contributed by atoms with Crippen molar-refractivity contribution in [2.24, 2.45) is 0 Å². The molecule has 2 rings (SSSR count). The molecule has 0 aliphatic heterocycles. The van der Waals surface area contributed by atoms with E-state index in [0.29, 0.717) is 24.5 Å². The van der Waals surface area contributed by atoms with Gasteiger partial charge < -0.3 is 14.8 Å². The lowest BCUT2D eigenvalue weighted by molar-refractivity contribution is 0.0973. The molecule has 0 saturated heterocycles. The largest absolute Gasteiger partial charge is 0.494 e. The Morgan fingerprint density at radius 2 is 1.79 bits per heavy atom. The molecule has 2 aromatic rings. The van der Waals surface area contributed by atoms with Crippen molar-refractivity contribution < 1.29 is 14.3 Å². The van der Waals surface area contributed by atoms with Gasteiger partial charge in [0, 0.05) is 10.2 Å². The van der Waals surface area contributed by atoms with E-state index in [1.54, 1.807) is 12.1 Å². The van der Waals surface area contributed by atoms with Gasteiger partial charge in [-0.1, -0.05) is 36.2 Å². The van der Waals surface area contributed by atoms with Gasteiger partial charge in [0.05, 0.1) is 18.8 Å². The third-order valence-electron chi connectivity index (χ3n) is 3.75. The molecule has 0 aliphatic rings. The van der Waals surface area contributed by atoms with E-state index in [2.05, 4.69) is 40.4 Å². The van der Waals surface area contributed by atoms with Crippen LogP contribution in [0.5, 0.6) is 11.5 Å². The Morgan fingerprint density at radius 3 is 2.46 bits per heavy atom. The first kappa shape index (κ1) is 22.2. The lowest BCUT2D eigenvalue weighted by Gasteiger charge is -2.14. The topological polar surface area (TPSA) is 59.6 Å². The van der Waals surface area contributed by atoms with Crippen LogP contribution in [0.15, 0.2) is 46.9 Å². The van der Waals surface area contributed by atoms with E-state index in [0.717, 1.165) is 35.2 Å². The molecule has 0 unspecified atom stereocenters. The summed E-state index contributed by atoms with van der Waals surface area (Å²) in [6.07, 6.45) is 2.90. The monoisotopic (exact) mass is 464 g/mol. The van der Waals surface area contributed by atoms with E-state index in [1.165, 1.54) is 0 Å². The molecule has 2 aromatic carbocycles. The number of carbonyl (C=O) groups excluding carboxylic acids is 1. The van der Waals surface area contributed by atoms with Crippen LogP contribution in [-0.2, 0) is 0 Å². The van der Waals surface area contributed by atoms with Crippen molar-refractivity contribution in [1.82, 2.24) is 5.32 Å². The molecule has 0 bridgehead atoms. The van der Waals surface area contributed by atoms with Gasteiger partial charge in [-0.05, 0) is 67.5 Å². The molecule has 7 heteroatoms. The number of amides is 1. The van der Waals surface area contributed by atoms with E-state index < -0.39 is 0 Å². The molecule has 0 spiro atoms. The normalized spacial score (nSPS) is 10.2. The Morgan fingerprint density at radius 1 is 1.04 bits per heavy atom. The van der Waals surface area contributed by atoms with Crippen molar-refractivity contribution in [3.05, 3.63) is 52.5 Å². The van der Waals surface area contributed by atoms with E-state index in [9.17, 15) is 4.79 Å². The fourth-order valence-corrected chi connectivity index (χ4v) is 2.89. The fraction of sp³-hybridized carbons (Fsp3) is 0.333. The lowest BCUT2D eigenvalue weighted by atomic mass is 10.2. The molecule has 1 amide bonds. The SMILES string of the molecule is CCCCOc1ccc(Br)cc1C(=O)NC(=S)Nc1ccc(OCCC)cc1. The third-order valence-corrected chi connectivity index (χ3v) is 4.45. The molecule has 28 heavy (non-hydrogen) atoms. The van der Waals surface area contributed by atoms with Crippen LogP contribution in [0.4, 0.5) is 5.69 Å². The van der Waals surface area contributed by atoms with Crippen LogP contribution in [0.3, 0.4) is 0 Å². The molecule has 0 aromatic heterocycles. The average Bonchev–Trinajstić information content (AvgIpc) is 2.68. The van der Waals surface area contributed by atoms with E-state index in [4.69, 9.17) is 21.7 Å². The van der Waals surface area contributed by atoms with Gasteiger partial charge in [0.2, 0.25) is 0 Å². The van der Waals surface area contributed by atoms with Crippen LogP contribution < -0.4 is 20.1 Å². The smallest absolute Gasteiger partial charge is 0.261 e. The van der Waals surface area contributed by atoms with Gasteiger partial charge in [0.1, 0.15) is 11.5 Å². The van der Waals surface area contributed by atoms with Crippen LogP contribution in [0.1, 0.15) is 43.5 Å². The number of carbonyl (C=O) groups is 1. The van der Waals surface area contributed by atoms with Crippen LogP contribution in [0, 0.1) is 0 Å². The first-order valence-electron chi connectivity index (χ1n) is 9.31. The summed E-state index contributed by atoms with van der Waals surface area (Å²) >= 11 is 8.67. The number of ether oxygens (including phenoxy) is 2. The van der Waals surface area contributed by atoms with Crippen molar-refractivity contribution in [1.29, 1.82) is 0 Å². The van der Waals surface area contributed by atoms with Gasteiger partial charge in [0.15, 0.2) is 5.11 Å². The molecule has 0 heterocycles. The fourth-order valence-electron chi connectivity index (χ4n) is 2.32. The second kappa shape index (κ2) is 11.7. The van der Waals surface area contributed by atoms with Gasteiger partial charge >= 0.3 is 0 Å². The van der Waals surface area contributed by atoms with Crippen molar-refractivity contribution in [3.8, 4) is 11.5 Å². The van der Waals surface area contributed by atoms with Crippen LogP contribution >= 0.6 is 28.1 Å². The number of hydrogen-bond acceptors (Lipinski definition) is 4. The van der Waals surface area contributed by atoms with Crippen LogP contribution in [0.2, 0.25) is 0 Å². The number of nitrogens with one attached hydrogen (secondary N) is 2. The molecule has 5 nitrogen and oxygen atoms in total. The van der Waals surface area contributed by atoms with Gasteiger partial charge in [-0.25, -0.2) is 0 Å². The molecular weight excluding hydrogens is 440 g/mol. The summed E-state index contributed by atoms with van der Waals surface area (Å²) < 4.78 is 12.1. The molecule has 0 fully saturated rings. The zero-order valence-electron chi connectivity index (χ0n) is 16.1. The first-order valence-corrected chi connectivity index (χ1v) is 10.5. The second-order valence-electron chi connectivity index (χ2n) is 6.12. The van der Waals surface area contributed by atoms with E-state index >= 15 is 0 Å². The predicted octanol–water partition coefficient (Wildman–Crippen LogP) is 5.54. The minimum atomic E-state index is -0.326. The average molecular weight is 465 g/mol. The quantitative estimate of drug-likeness (QED) is 0.376. The summed E-state index contributed by atoms with van der Waals surface area (Å²) in [5, 5.41) is 5.92. The molecule has 0 radical (unpaired) electrons. The van der Waals surface area contributed by atoms with Gasteiger partial charge in [0.25, 0.3) is 5.91 Å². The minimum Gasteiger partial charge on any atom is -0.494 e. The highest BCUT2D eigenvalue weighted by Gasteiger charge is 2.15. The zero-order valence-corrected chi connectivity index (χ0v) is 18.5. The van der Waals surface area contributed by atoms with Crippen molar-refractivity contribution >= 4 is 44.9 Å². The van der Waals surface area contributed by atoms with Gasteiger partial charge in [-0.3, -0.25) is 10.1 Å². The van der Waals surface area contributed by atoms with Crippen LogP contribution in [-0.4, -0.2) is 24.2 Å². The highest BCUT2D eigenvalue weighted by atomic mass is 79.9. The Kier molecular flexibility index (Phi) is 9.23. The molecule has 0 aliphatic carbocycles. The molecule has 150 valence electrons. The molecule has 2 N–H and O–H groups in total. The Labute approximate surface area is 179 Å². The van der Waals surface area contributed by atoms with Gasteiger partial charge in [-0.15, -0.1) is 0 Å². The van der Waals surface area contributed by atoms with Crippen molar-refractivity contribution in [2.75, 3.05) is 18.5 Å². The van der Waals surface area contributed by atoms with E-state index in [-0.39, 0.29) is 11.0 Å². The van der Waals surface area contributed by atoms with Crippen molar-refractivity contribution in [2.45, 2.75) is 33.1 Å². The molecule has 0 atom stereocenters. The maximum Gasteiger partial charge on any atom is 0.261 e. The maximum atomic E-state index is 12.7. The highest BCUT2D eigenvalue weighted by molar-refractivity contribution is 9.10. The highest BCUT2D eigenvalue weighted by Crippen LogP contribution is 2.24. The Bertz CT molecular complexity index is 797. The zero-order chi connectivity index (χ0) is 20.4. The third kappa shape index (κ3) is 7.13. The molecular formula is C21H25BrN2O3S. The second-order valence-corrected chi connectivity index (χ2v) is 7.45. The van der Waals surface area contributed by atoms with Gasteiger partial charge in [-0.2, -0.15) is 0 Å². The Hall–Kier alpha value is -2.12. The standard InChI is InChI=1S/C21H25BrN2O3S/c1-3-5-13-27-19-11-6-15(22)14-18(19)20(25)24-21(28)23-16-7-9-17(10-8-16)26-12-4-2/h6-11,14H,3-5,12-13H2,1-2H3,(H2,23,24,25,28). The summed E-state index contributed by atoms with van der Waals surface area (Å²) in [6.45, 7) is 5.39. The van der Waals surface area contributed by atoms with E-state index in [1.807, 2.05) is 30.3 Å². The summed E-state index contributed by atoms with van der Waals surface area (Å²) in [5.41, 5.74) is 1.20. The number of unbranched alkanes of at least 4 members (excludes halogenated alkanes) is 1. The number of halogens is 1. The number of rotatable bonds is 9. The summed E-state index contributed by atoms with van der Waals surface area (Å²) in [5.74, 6) is 1.01. The summed E-state index contributed by atoms with van der Waals surface area (Å²) in [6, 6.07) is 12.8. The van der Waals surface area contributed by atoms with Crippen molar-refractivity contribution in [3.63, 3.8) is 0 Å². The summed E-state index contributed by atoms with van der Waals surface area (Å²) in [4.78, 5) is 12.7. The number of anilines is 1. The number of hydrogen-bond donors (Lipinski definition) is 2. The Balaban J connectivity index is 1.98. The molecule has 0 saturated carbocycles.